The van der Waals surface area contributed by atoms with Crippen molar-refractivity contribution < 1.29 is 9.53 Å². The molecular weight excluding hydrogens is 262 g/mol. The number of carbonyl (C=O) groups excluding carboxylic acids is 1. The third-order valence-corrected chi connectivity index (χ3v) is 2.96. The quantitative estimate of drug-likeness (QED) is 0.581. The molecule has 0 aliphatic carbocycles. The van der Waals surface area contributed by atoms with Gasteiger partial charge in [0.2, 0.25) is 0 Å². The van der Waals surface area contributed by atoms with E-state index in [9.17, 15) is 4.79 Å². The topological polar surface area (TPSA) is 38.7 Å². The summed E-state index contributed by atoms with van der Waals surface area (Å²) in [5.41, 5.74) is 2.33. The second-order valence-electron chi connectivity index (χ2n) is 4.71. The average Bonchev–Trinajstić information content (AvgIpc) is 2.54. The maximum absolute atomic E-state index is 11.9. The Balaban J connectivity index is 2.01. The molecule has 0 bridgehead atoms. The molecule has 0 aliphatic heterocycles. The number of benzene rings is 2. The van der Waals surface area contributed by atoms with E-state index >= 15 is 0 Å². The van der Waals surface area contributed by atoms with Crippen molar-refractivity contribution in [2.24, 2.45) is 4.99 Å². The summed E-state index contributed by atoms with van der Waals surface area (Å²) in [6.07, 6.45) is 1.78. The van der Waals surface area contributed by atoms with Crippen LogP contribution in [0.3, 0.4) is 0 Å². The lowest BCUT2D eigenvalue weighted by Crippen LogP contribution is -2.14. The van der Waals surface area contributed by atoms with Crippen molar-refractivity contribution in [3.8, 4) is 0 Å². The Morgan fingerprint density at radius 2 is 1.62 bits per heavy atom. The van der Waals surface area contributed by atoms with Gasteiger partial charge in [-0.25, -0.2) is 4.79 Å². The van der Waals surface area contributed by atoms with Crippen molar-refractivity contribution >= 4 is 17.4 Å². The van der Waals surface area contributed by atoms with Gasteiger partial charge < -0.3 is 4.74 Å². The molecule has 0 N–H and O–H groups in total. The summed E-state index contributed by atoms with van der Waals surface area (Å²) in [6, 6.07) is 18.7. The summed E-state index contributed by atoms with van der Waals surface area (Å²) in [6.45, 7) is 2.32. The molecule has 3 heteroatoms. The van der Waals surface area contributed by atoms with E-state index in [0.29, 0.717) is 5.56 Å². The molecule has 2 aromatic carbocycles. The van der Waals surface area contributed by atoms with Crippen LogP contribution in [0.5, 0.6) is 0 Å². The highest BCUT2D eigenvalue weighted by molar-refractivity contribution is 5.93. The third-order valence-electron chi connectivity index (χ3n) is 2.96. The molecule has 21 heavy (non-hydrogen) atoms. The Morgan fingerprint density at radius 3 is 2.24 bits per heavy atom. The lowest BCUT2D eigenvalue weighted by molar-refractivity contribution is 0.0562. The summed E-state index contributed by atoms with van der Waals surface area (Å²) in [5.74, 6) is -0.313. The Bertz CT molecular complexity index is 591. The molecule has 0 fully saturated rings. The Hall–Kier alpha value is -2.42. The molecule has 2 aromatic rings. The molecular formula is C18H19NO2. The number of esters is 1. The van der Waals surface area contributed by atoms with Crippen LogP contribution in [-0.4, -0.2) is 18.3 Å². The standard InChI is InChI=1S/C18H19NO2/c1-2-9-17(19-16-12-7-4-8-13-16)14-21-18(20)15-10-5-3-6-11-15/h3-8,10-13H,2,9,14H2,1H3. The van der Waals surface area contributed by atoms with Gasteiger partial charge in [0.1, 0.15) is 6.61 Å². The molecule has 0 unspecified atom stereocenters. The highest BCUT2D eigenvalue weighted by atomic mass is 16.5. The monoisotopic (exact) mass is 281 g/mol. The number of rotatable bonds is 6. The van der Waals surface area contributed by atoms with Gasteiger partial charge in [-0.3, -0.25) is 4.99 Å². The van der Waals surface area contributed by atoms with Crippen molar-refractivity contribution in [3.63, 3.8) is 0 Å². The van der Waals surface area contributed by atoms with Crippen LogP contribution in [0.15, 0.2) is 65.7 Å². The minimum atomic E-state index is -0.313. The van der Waals surface area contributed by atoms with Gasteiger partial charge in [0, 0.05) is 0 Å². The molecule has 0 aromatic heterocycles. The zero-order valence-corrected chi connectivity index (χ0v) is 12.2. The van der Waals surface area contributed by atoms with Crippen LogP contribution in [0, 0.1) is 0 Å². The van der Waals surface area contributed by atoms with E-state index in [-0.39, 0.29) is 12.6 Å². The lowest BCUT2D eigenvalue weighted by Gasteiger charge is -2.07. The van der Waals surface area contributed by atoms with Crippen molar-refractivity contribution in [1.29, 1.82) is 0 Å². The molecule has 0 saturated heterocycles. The summed E-state index contributed by atoms with van der Waals surface area (Å²) in [4.78, 5) is 16.5. The number of carbonyl (C=O) groups is 1. The molecule has 108 valence electrons. The van der Waals surface area contributed by atoms with E-state index in [4.69, 9.17) is 4.74 Å². The first-order chi connectivity index (χ1) is 10.3. The van der Waals surface area contributed by atoms with E-state index in [2.05, 4.69) is 11.9 Å². The summed E-state index contributed by atoms with van der Waals surface area (Å²) >= 11 is 0. The molecule has 0 spiro atoms. The number of hydrogen-bond donors (Lipinski definition) is 0. The first kappa shape index (κ1) is 15.0. The van der Waals surface area contributed by atoms with Crippen molar-refractivity contribution in [2.45, 2.75) is 19.8 Å². The van der Waals surface area contributed by atoms with E-state index < -0.39 is 0 Å². The second-order valence-corrected chi connectivity index (χ2v) is 4.71. The van der Waals surface area contributed by atoms with E-state index in [1.165, 1.54) is 0 Å². The molecule has 0 atom stereocenters. The Labute approximate surface area is 125 Å². The largest absolute Gasteiger partial charge is 0.456 e. The number of para-hydroxylation sites is 1. The zero-order chi connectivity index (χ0) is 14.9. The van der Waals surface area contributed by atoms with Gasteiger partial charge in [0.25, 0.3) is 0 Å². The first-order valence-corrected chi connectivity index (χ1v) is 7.13. The molecule has 0 aliphatic rings. The van der Waals surface area contributed by atoms with Crippen LogP contribution in [0.2, 0.25) is 0 Å². The molecule has 0 saturated carbocycles. The van der Waals surface area contributed by atoms with Crippen molar-refractivity contribution in [2.75, 3.05) is 6.61 Å². The predicted octanol–water partition coefficient (Wildman–Crippen LogP) is 4.42. The number of ether oxygens (including phenoxy) is 1. The normalized spacial score (nSPS) is 11.2. The van der Waals surface area contributed by atoms with Crippen LogP contribution in [0.1, 0.15) is 30.1 Å². The maximum atomic E-state index is 11.9. The highest BCUT2D eigenvalue weighted by Gasteiger charge is 2.08. The fraction of sp³-hybridized carbons (Fsp3) is 0.222. The van der Waals surface area contributed by atoms with E-state index in [1.807, 2.05) is 48.5 Å². The lowest BCUT2D eigenvalue weighted by atomic mass is 10.2. The fourth-order valence-electron chi connectivity index (χ4n) is 1.94. The van der Waals surface area contributed by atoms with Gasteiger partial charge >= 0.3 is 5.97 Å². The first-order valence-electron chi connectivity index (χ1n) is 7.13. The van der Waals surface area contributed by atoms with E-state index in [0.717, 1.165) is 24.2 Å². The minimum Gasteiger partial charge on any atom is -0.456 e. The van der Waals surface area contributed by atoms with Crippen LogP contribution in [0.4, 0.5) is 5.69 Å². The summed E-state index contributed by atoms with van der Waals surface area (Å²) < 4.78 is 5.35. The number of aliphatic imine (C=N–C) groups is 1. The molecule has 2 rings (SSSR count). The van der Waals surface area contributed by atoms with Crippen molar-refractivity contribution in [1.82, 2.24) is 0 Å². The van der Waals surface area contributed by atoms with Crippen molar-refractivity contribution in [3.05, 3.63) is 66.2 Å². The fourth-order valence-corrected chi connectivity index (χ4v) is 1.94. The molecule has 0 amide bonds. The van der Waals surface area contributed by atoms with E-state index in [1.54, 1.807) is 12.1 Å². The molecule has 0 heterocycles. The second kappa shape index (κ2) is 8.00. The Morgan fingerprint density at radius 1 is 1.00 bits per heavy atom. The minimum absolute atomic E-state index is 0.233. The van der Waals surface area contributed by atoms with Crippen LogP contribution in [-0.2, 0) is 4.74 Å². The van der Waals surface area contributed by atoms with Crippen LogP contribution in [0.25, 0.3) is 0 Å². The van der Waals surface area contributed by atoms with Crippen LogP contribution >= 0.6 is 0 Å². The van der Waals surface area contributed by atoms with Gasteiger partial charge in [-0.1, -0.05) is 49.7 Å². The maximum Gasteiger partial charge on any atom is 0.338 e. The van der Waals surface area contributed by atoms with Crippen LogP contribution < -0.4 is 0 Å². The number of nitrogens with zero attached hydrogens (tertiary/aromatic N) is 1. The van der Waals surface area contributed by atoms with Gasteiger partial charge in [-0.15, -0.1) is 0 Å². The molecule has 0 radical (unpaired) electrons. The summed E-state index contributed by atoms with van der Waals surface area (Å²) in [5, 5.41) is 0. The zero-order valence-electron chi connectivity index (χ0n) is 12.2. The Kier molecular flexibility index (Phi) is 5.71. The smallest absolute Gasteiger partial charge is 0.338 e. The SMILES string of the molecule is CCCC(COC(=O)c1ccccc1)=Nc1ccccc1. The van der Waals surface area contributed by atoms with Gasteiger partial charge in [-0.2, -0.15) is 0 Å². The highest BCUT2D eigenvalue weighted by Crippen LogP contribution is 2.12. The predicted molar refractivity (Wildman–Crippen MR) is 85.2 cm³/mol. The number of hydrogen-bond acceptors (Lipinski definition) is 3. The third kappa shape index (κ3) is 4.88. The van der Waals surface area contributed by atoms with Gasteiger partial charge in [0.05, 0.1) is 17.0 Å². The summed E-state index contributed by atoms with van der Waals surface area (Å²) in [7, 11) is 0. The van der Waals surface area contributed by atoms with Gasteiger partial charge in [-0.05, 0) is 30.7 Å². The van der Waals surface area contributed by atoms with Gasteiger partial charge in [0.15, 0.2) is 0 Å². The molecule has 3 nitrogen and oxygen atoms in total. The average molecular weight is 281 g/mol.